The maximum Gasteiger partial charge on any atom is 0.326 e. The lowest BCUT2D eigenvalue weighted by molar-refractivity contribution is -0.139. The van der Waals surface area contributed by atoms with E-state index in [0.717, 1.165) is 12.8 Å². The fourth-order valence-corrected chi connectivity index (χ4v) is 2.33. The Morgan fingerprint density at radius 3 is 2.56 bits per heavy atom. The molecule has 104 valence electrons. The Hall–Kier alpha value is -1.26. The molecule has 0 aliphatic heterocycles. The van der Waals surface area contributed by atoms with E-state index in [1.807, 2.05) is 6.92 Å². The summed E-state index contributed by atoms with van der Waals surface area (Å²) in [5, 5.41) is 14.3. The van der Waals surface area contributed by atoms with E-state index in [0.29, 0.717) is 18.9 Å². The number of aliphatic carboxylic acids is 1. The van der Waals surface area contributed by atoms with Gasteiger partial charge in [0.2, 0.25) is 0 Å². The topological polar surface area (TPSA) is 78.4 Å². The van der Waals surface area contributed by atoms with Crippen LogP contribution in [0.2, 0.25) is 0 Å². The van der Waals surface area contributed by atoms with E-state index in [2.05, 4.69) is 10.6 Å². The molecular formula is C13H24N2O3. The summed E-state index contributed by atoms with van der Waals surface area (Å²) in [6, 6.07) is -1.13. The van der Waals surface area contributed by atoms with Gasteiger partial charge in [-0.25, -0.2) is 9.59 Å². The van der Waals surface area contributed by atoms with Crippen molar-refractivity contribution < 1.29 is 14.7 Å². The molecule has 1 atom stereocenters. The van der Waals surface area contributed by atoms with Crippen LogP contribution in [-0.4, -0.2) is 29.7 Å². The predicted octanol–water partition coefficient (Wildman–Crippen LogP) is 2.12. The summed E-state index contributed by atoms with van der Waals surface area (Å²) in [6.45, 7) is 2.66. The summed E-state index contributed by atoms with van der Waals surface area (Å²) in [7, 11) is 0. The van der Waals surface area contributed by atoms with Crippen LogP contribution in [0.15, 0.2) is 0 Å². The van der Waals surface area contributed by atoms with Gasteiger partial charge in [0.15, 0.2) is 0 Å². The number of carbonyl (C=O) groups is 2. The number of urea groups is 1. The smallest absolute Gasteiger partial charge is 0.326 e. The Morgan fingerprint density at radius 1 is 1.33 bits per heavy atom. The maximum atomic E-state index is 11.6. The lowest BCUT2D eigenvalue weighted by atomic mass is 10.1. The minimum atomic E-state index is -0.959. The number of rotatable bonds is 7. The fraction of sp³-hybridized carbons (Fsp3) is 0.846. The second-order valence-corrected chi connectivity index (χ2v) is 5.04. The highest BCUT2D eigenvalue weighted by atomic mass is 16.4. The average molecular weight is 256 g/mol. The Labute approximate surface area is 108 Å². The van der Waals surface area contributed by atoms with Crippen LogP contribution in [0.4, 0.5) is 4.79 Å². The Kier molecular flexibility index (Phi) is 6.54. The number of hydrogen-bond donors (Lipinski definition) is 3. The van der Waals surface area contributed by atoms with Gasteiger partial charge in [0.25, 0.3) is 0 Å². The summed E-state index contributed by atoms with van der Waals surface area (Å²) >= 11 is 0. The molecule has 1 rings (SSSR count). The second kappa shape index (κ2) is 7.95. The van der Waals surface area contributed by atoms with E-state index in [-0.39, 0.29) is 6.03 Å². The van der Waals surface area contributed by atoms with Crippen molar-refractivity contribution in [3.05, 3.63) is 0 Å². The molecule has 0 heterocycles. The number of carboxylic acid groups (broad SMARTS) is 1. The van der Waals surface area contributed by atoms with Gasteiger partial charge in [-0.1, -0.05) is 32.6 Å². The highest BCUT2D eigenvalue weighted by Gasteiger charge is 2.20. The lowest BCUT2D eigenvalue weighted by Gasteiger charge is -2.16. The summed E-state index contributed by atoms with van der Waals surface area (Å²) in [5.41, 5.74) is 0. The minimum Gasteiger partial charge on any atom is -0.480 e. The summed E-state index contributed by atoms with van der Waals surface area (Å²) < 4.78 is 0. The fourth-order valence-electron chi connectivity index (χ4n) is 2.33. The summed E-state index contributed by atoms with van der Waals surface area (Å²) in [6.07, 6.45) is 7.03. The molecule has 0 spiro atoms. The Morgan fingerprint density at radius 2 is 2.00 bits per heavy atom. The number of amides is 2. The molecule has 0 aromatic heterocycles. The number of carboxylic acids is 1. The van der Waals surface area contributed by atoms with Gasteiger partial charge < -0.3 is 15.7 Å². The molecule has 1 unspecified atom stereocenters. The van der Waals surface area contributed by atoms with Gasteiger partial charge in [0.05, 0.1) is 0 Å². The molecule has 0 saturated heterocycles. The van der Waals surface area contributed by atoms with Gasteiger partial charge in [-0.05, 0) is 25.2 Å². The molecule has 3 N–H and O–H groups in total. The van der Waals surface area contributed by atoms with Gasteiger partial charge in [-0.2, -0.15) is 0 Å². The van der Waals surface area contributed by atoms with Gasteiger partial charge in [0.1, 0.15) is 6.04 Å². The Balaban J connectivity index is 2.24. The molecule has 5 nitrogen and oxygen atoms in total. The minimum absolute atomic E-state index is 0.356. The molecule has 1 fully saturated rings. The van der Waals surface area contributed by atoms with E-state index in [1.165, 1.54) is 25.7 Å². The van der Waals surface area contributed by atoms with Crippen molar-refractivity contribution in [2.24, 2.45) is 5.92 Å². The third-order valence-corrected chi connectivity index (χ3v) is 3.48. The van der Waals surface area contributed by atoms with E-state index in [4.69, 9.17) is 5.11 Å². The van der Waals surface area contributed by atoms with E-state index >= 15 is 0 Å². The Bertz CT molecular complexity index is 275. The van der Waals surface area contributed by atoms with Crippen molar-refractivity contribution in [1.82, 2.24) is 10.6 Å². The maximum absolute atomic E-state index is 11.6. The molecule has 0 aromatic carbocycles. The third kappa shape index (κ3) is 5.38. The number of hydrogen-bond acceptors (Lipinski definition) is 2. The zero-order valence-electron chi connectivity index (χ0n) is 11.1. The lowest BCUT2D eigenvalue weighted by Crippen LogP contribution is -2.46. The van der Waals surface area contributed by atoms with Crippen LogP contribution >= 0.6 is 0 Å². The van der Waals surface area contributed by atoms with Crippen LogP contribution in [0.1, 0.15) is 51.9 Å². The molecule has 0 radical (unpaired) electrons. The molecule has 1 aliphatic rings. The molecule has 2 amide bonds. The van der Waals surface area contributed by atoms with Gasteiger partial charge in [-0.15, -0.1) is 0 Å². The molecular weight excluding hydrogens is 232 g/mol. The SMILES string of the molecule is CCCCC(NC(=O)NCC1CCCC1)C(=O)O. The van der Waals surface area contributed by atoms with Crippen molar-refractivity contribution in [1.29, 1.82) is 0 Å². The molecule has 0 aromatic rings. The number of unbranched alkanes of at least 4 members (excludes halogenated alkanes) is 1. The van der Waals surface area contributed by atoms with Crippen molar-refractivity contribution in [3.8, 4) is 0 Å². The van der Waals surface area contributed by atoms with Gasteiger partial charge in [0, 0.05) is 6.54 Å². The van der Waals surface area contributed by atoms with Gasteiger partial charge >= 0.3 is 12.0 Å². The standard InChI is InChI=1S/C13H24N2O3/c1-2-3-8-11(12(16)17)15-13(18)14-9-10-6-4-5-7-10/h10-11H,2-9H2,1H3,(H,16,17)(H2,14,15,18). The third-order valence-electron chi connectivity index (χ3n) is 3.48. The van der Waals surface area contributed by atoms with Crippen LogP contribution in [0, 0.1) is 5.92 Å². The highest BCUT2D eigenvalue weighted by Crippen LogP contribution is 2.23. The van der Waals surface area contributed by atoms with Crippen molar-refractivity contribution in [3.63, 3.8) is 0 Å². The van der Waals surface area contributed by atoms with E-state index in [9.17, 15) is 9.59 Å². The second-order valence-electron chi connectivity index (χ2n) is 5.04. The molecule has 18 heavy (non-hydrogen) atoms. The molecule has 0 bridgehead atoms. The molecule has 1 aliphatic carbocycles. The summed E-state index contributed by atoms with van der Waals surface area (Å²) in [5.74, 6) is -0.394. The van der Waals surface area contributed by atoms with E-state index < -0.39 is 12.0 Å². The van der Waals surface area contributed by atoms with Crippen LogP contribution in [-0.2, 0) is 4.79 Å². The van der Waals surface area contributed by atoms with Crippen molar-refractivity contribution in [2.75, 3.05) is 6.54 Å². The number of carbonyl (C=O) groups excluding carboxylic acids is 1. The highest BCUT2D eigenvalue weighted by molar-refractivity contribution is 5.82. The first-order chi connectivity index (χ1) is 8.63. The van der Waals surface area contributed by atoms with E-state index in [1.54, 1.807) is 0 Å². The average Bonchev–Trinajstić information content (AvgIpc) is 2.84. The summed E-state index contributed by atoms with van der Waals surface area (Å²) in [4.78, 5) is 22.6. The normalized spacial score (nSPS) is 17.4. The van der Waals surface area contributed by atoms with Crippen LogP contribution in [0.5, 0.6) is 0 Å². The quantitative estimate of drug-likeness (QED) is 0.653. The number of nitrogens with one attached hydrogen (secondary N) is 2. The van der Waals surface area contributed by atoms with Crippen molar-refractivity contribution >= 4 is 12.0 Å². The monoisotopic (exact) mass is 256 g/mol. The van der Waals surface area contributed by atoms with Gasteiger partial charge in [-0.3, -0.25) is 0 Å². The molecule has 1 saturated carbocycles. The van der Waals surface area contributed by atoms with Crippen LogP contribution in [0.3, 0.4) is 0 Å². The predicted molar refractivity (Wildman–Crippen MR) is 69.4 cm³/mol. The zero-order valence-corrected chi connectivity index (χ0v) is 11.1. The van der Waals surface area contributed by atoms with Crippen molar-refractivity contribution in [2.45, 2.75) is 57.9 Å². The first-order valence-corrected chi connectivity index (χ1v) is 6.90. The first kappa shape index (κ1) is 14.8. The largest absolute Gasteiger partial charge is 0.480 e. The molecule has 5 heteroatoms. The first-order valence-electron chi connectivity index (χ1n) is 6.90. The zero-order chi connectivity index (χ0) is 13.4. The van der Waals surface area contributed by atoms with Crippen LogP contribution in [0.25, 0.3) is 0 Å². The van der Waals surface area contributed by atoms with Crippen LogP contribution < -0.4 is 10.6 Å².